The van der Waals surface area contributed by atoms with Crippen LogP contribution < -0.4 is 16.1 Å². The highest BCUT2D eigenvalue weighted by Crippen LogP contribution is 2.41. The van der Waals surface area contributed by atoms with Gasteiger partial charge >= 0.3 is 7.12 Å². The fraction of sp³-hybridized carbons (Fsp3) is 0.347. The normalized spacial score (nSPS) is 15.6. The van der Waals surface area contributed by atoms with Crippen LogP contribution in [0, 0.1) is 46.5 Å². The number of nitrogens with zero attached hydrogens (tertiary/aromatic N) is 8. The molecule has 0 radical (unpaired) electrons. The predicted molar refractivity (Wildman–Crippen MR) is 264 cm³/mol. The average molecular weight is 960 g/mol. The maximum Gasteiger partial charge on any atom is 0.494 e. The Morgan fingerprint density at radius 2 is 1.26 bits per heavy atom. The summed E-state index contributed by atoms with van der Waals surface area (Å²) in [5.74, 6) is 10.3. The molecule has 4 N–H and O–H groups in total. The van der Waals surface area contributed by atoms with Crippen molar-refractivity contribution in [2.45, 2.75) is 109 Å². The summed E-state index contributed by atoms with van der Waals surface area (Å²) in [5.41, 5.74) is 10.2. The summed E-state index contributed by atoms with van der Waals surface area (Å²) in [7, 11) is -1.78. The Balaban J connectivity index is 0.000000150. The number of aromatic nitrogens is 8. The molecule has 2 aliphatic carbocycles. The molecule has 5 heterocycles. The van der Waals surface area contributed by atoms with Gasteiger partial charge in [-0.25, -0.2) is 19.9 Å². The monoisotopic (exact) mass is 958 g/mol. The molecule has 0 bridgehead atoms. The van der Waals surface area contributed by atoms with E-state index in [2.05, 4.69) is 116 Å². The number of terminal acetylenes is 1. The smallest absolute Gasteiger partial charge is 0.399 e. The second-order valence-electron chi connectivity index (χ2n) is 18.4. The van der Waals surface area contributed by atoms with Crippen LogP contribution >= 0.6 is 15.9 Å². The zero-order chi connectivity index (χ0) is 47.1. The minimum absolute atomic E-state index is 0.316. The van der Waals surface area contributed by atoms with Crippen LogP contribution in [0.25, 0.3) is 11.4 Å². The molecule has 0 atom stereocenters. The highest BCUT2D eigenvalue weighted by molar-refractivity contribution is 9.10. The van der Waals surface area contributed by atoms with E-state index >= 15 is 0 Å². The van der Waals surface area contributed by atoms with E-state index in [-0.39, 0.29) is 18.3 Å². The van der Waals surface area contributed by atoms with E-state index in [0.717, 1.165) is 39.2 Å². The van der Waals surface area contributed by atoms with Crippen LogP contribution in [0.2, 0.25) is 19.6 Å². The number of halogens is 1. The molecule has 4 aromatic heterocycles. The van der Waals surface area contributed by atoms with Gasteiger partial charge in [0.15, 0.2) is 33.8 Å². The van der Waals surface area contributed by atoms with Gasteiger partial charge in [-0.15, -0.1) is 12.0 Å². The van der Waals surface area contributed by atoms with E-state index in [9.17, 15) is 0 Å². The molecular formula is C49H52BBrN12O2Si. The van der Waals surface area contributed by atoms with Crippen molar-refractivity contribution in [1.29, 1.82) is 10.5 Å². The third-order valence-electron chi connectivity index (χ3n) is 11.3. The Kier molecular flexibility index (Phi) is 14.6. The Morgan fingerprint density at radius 3 is 1.74 bits per heavy atom. The lowest BCUT2D eigenvalue weighted by molar-refractivity contribution is 0.00578. The second kappa shape index (κ2) is 20.3. The van der Waals surface area contributed by atoms with Crippen LogP contribution in [-0.4, -0.2) is 66.7 Å². The van der Waals surface area contributed by atoms with E-state index < -0.39 is 8.07 Å². The number of H-pyrrole nitrogens is 2. The number of hydrogen-bond donors (Lipinski definition) is 4. The first kappa shape index (κ1) is 47.4. The Bertz CT molecular complexity index is 2840. The van der Waals surface area contributed by atoms with E-state index in [1.807, 2.05) is 88.4 Å². The van der Waals surface area contributed by atoms with Crippen LogP contribution in [0.4, 0.5) is 23.3 Å². The summed E-state index contributed by atoms with van der Waals surface area (Å²) in [5, 5.41) is 38.6. The molecule has 1 aliphatic heterocycles. The van der Waals surface area contributed by atoms with E-state index in [0.29, 0.717) is 58.3 Å². The van der Waals surface area contributed by atoms with Crippen LogP contribution in [0.15, 0.2) is 77.8 Å². The maximum absolute atomic E-state index is 8.77. The number of nitriles is 2. The molecule has 1 saturated heterocycles. The van der Waals surface area contributed by atoms with Gasteiger partial charge in [0.25, 0.3) is 0 Å². The van der Waals surface area contributed by atoms with Gasteiger partial charge in [-0.2, -0.15) is 20.7 Å². The summed E-state index contributed by atoms with van der Waals surface area (Å²) in [6, 6.07) is 23.8. The number of benzene rings is 2. The molecule has 14 nitrogen and oxygen atoms in total. The molecule has 334 valence electrons. The van der Waals surface area contributed by atoms with E-state index in [4.69, 9.17) is 26.3 Å². The van der Waals surface area contributed by atoms with Crippen molar-refractivity contribution in [3.8, 4) is 47.3 Å². The SMILES string of the molecule is C#Cc1cnc(-c2ccc(CC#N)cc2)nc1Nc1cc(C2CC2)[nH]n1.CC1(C)OB(c2ccc(CC#N)cc2)OC1(C)C.C[Si](C)(C)C#Cc1cnc(Br)nc1Nc1cc(C2CC2)[nH]n1. The molecule has 0 unspecified atom stereocenters. The van der Waals surface area contributed by atoms with Gasteiger partial charge in [0.05, 0.1) is 47.3 Å². The van der Waals surface area contributed by atoms with Crippen LogP contribution in [-0.2, 0) is 22.2 Å². The molecular weight excluding hydrogens is 907 g/mol. The molecule has 9 rings (SSSR count). The molecule has 0 amide bonds. The Hall–Kier alpha value is -6.60. The zero-order valence-corrected chi connectivity index (χ0v) is 40.8. The van der Waals surface area contributed by atoms with Gasteiger partial charge in [0.1, 0.15) is 8.07 Å². The number of aromatic amines is 2. The van der Waals surface area contributed by atoms with Crippen LogP contribution in [0.3, 0.4) is 0 Å². The topological polar surface area (TPSA) is 199 Å². The molecule has 2 saturated carbocycles. The third kappa shape index (κ3) is 12.6. The van der Waals surface area contributed by atoms with Crippen molar-refractivity contribution in [1.82, 2.24) is 40.3 Å². The molecule has 0 spiro atoms. The molecule has 6 aromatic rings. The highest BCUT2D eigenvalue weighted by atomic mass is 79.9. The largest absolute Gasteiger partial charge is 0.494 e. The summed E-state index contributed by atoms with van der Waals surface area (Å²) in [6.07, 6.45) is 14.7. The van der Waals surface area contributed by atoms with E-state index in [1.54, 1.807) is 12.4 Å². The summed E-state index contributed by atoms with van der Waals surface area (Å²) >= 11 is 3.31. The average Bonchev–Trinajstić information content (AvgIpc) is 4.21. The fourth-order valence-corrected chi connectivity index (χ4v) is 7.29. The van der Waals surface area contributed by atoms with Gasteiger partial charge in [-0.3, -0.25) is 10.2 Å². The number of hydrogen-bond acceptors (Lipinski definition) is 12. The fourth-order valence-electron chi connectivity index (χ4n) is 6.50. The van der Waals surface area contributed by atoms with Crippen molar-refractivity contribution in [3.05, 3.63) is 111 Å². The number of rotatable bonds is 10. The standard InChI is InChI=1S/C20H16N6.C15H18BrN5Si.C14H18BNO2/c1-2-14-12-22-19(16-5-3-13(4-6-16)9-10-21)24-20(14)23-18-11-17(25-26-18)15-7-8-15;1-22(2,3)7-6-11-9-17-15(16)19-14(11)18-13-8-12(20-21-13)10-4-5-10;1-13(2)14(3,4)18-15(17-13)12-7-5-11(6-8-12)9-10-16/h1,3-6,11-12,15H,7-9H2,(H2,22,23,24,25,26);8-10H,4-5H2,1-3H3,(H2,17,18,19,20,21);5-8H,9H2,1-4H3. The molecule has 17 heteroatoms. The molecule has 2 aromatic carbocycles. The van der Waals surface area contributed by atoms with E-state index in [1.165, 1.54) is 31.4 Å². The zero-order valence-electron chi connectivity index (χ0n) is 38.3. The van der Waals surface area contributed by atoms with Crippen molar-refractivity contribution < 1.29 is 9.31 Å². The van der Waals surface area contributed by atoms with Crippen molar-refractivity contribution >= 4 is 59.9 Å². The number of anilines is 4. The van der Waals surface area contributed by atoms with Gasteiger partial charge < -0.3 is 19.9 Å². The summed E-state index contributed by atoms with van der Waals surface area (Å²) in [6.45, 7) is 14.8. The van der Waals surface area contributed by atoms with Gasteiger partial charge in [0.2, 0.25) is 0 Å². The molecule has 66 heavy (non-hydrogen) atoms. The van der Waals surface area contributed by atoms with Crippen LogP contribution in [0.5, 0.6) is 0 Å². The van der Waals surface area contributed by atoms with Gasteiger partial charge in [-0.1, -0.05) is 80.0 Å². The maximum atomic E-state index is 8.77. The second-order valence-corrected chi connectivity index (χ2v) is 23.9. The molecule has 3 fully saturated rings. The first-order valence-electron chi connectivity index (χ1n) is 21.8. The molecule has 3 aliphatic rings. The van der Waals surface area contributed by atoms with Crippen molar-refractivity contribution in [2.75, 3.05) is 10.6 Å². The minimum Gasteiger partial charge on any atom is -0.399 e. The van der Waals surface area contributed by atoms with Gasteiger partial charge in [0, 0.05) is 53.3 Å². The Morgan fingerprint density at radius 1 is 0.758 bits per heavy atom. The highest BCUT2D eigenvalue weighted by Gasteiger charge is 2.51. The lowest BCUT2D eigenvalue weighted by atomic mass is 9.79. The third-order valence-corrected chi connectivity index (χ3v) is 12.5. The predicted octanol–water partition coefficient (Wildman–Crippen LogP) is 9.40. The summed E-state index contributed by atoms with van der Waals surface area (Å²) < 4.78 is 12.5. The first-order valence-corrected chi connectivity index (χ1v) is 26.1. The lowest BCUT2D eigenvalue weighted by Gasteiger charge is -2.32. The van der Waals surface area contributed by atoms with Gasteiger partial charge in [-0.05, 0) is 85.9 Å². The van der Waals surface area contributed by atoms with Crippen molar-refractivity contribution in [2.24, 2.45) is 0 Å². The number of nitrogens with one attached hydrogen (secondary N) is 4. The quantitative estimate of drug-likeness (QED) is 0.0577. The Labute approximate surface area is 396 Å². The minimum atomic E-state index is -1.45. The summed E-state index contributed by atoms with van der Waals surface area (Å²) in [4.78, 5) is 17.5. The first-order chi connectivity index (χ1) is 31.5. The van der Waals surface area contributed by atoms with Crippen molar-refractivity contribution in [3.63, 3.8) is 0 Å². The van der Waals surface area contributed by atoms with Crippen LogP contribution in [0.1, 0.15) is 98.9 Å². The lowest BCUT2D eigenvalue weighted by Crippen LogP contribution is -2.41.